The van der Waals surface area contributed by atoms with Gasteiger partial charge in [-0.05, 0) is 36.4 Å². The summed E-state index contributed by atoms with van der Waals surface area (Å²) in [7, 11) is -1.60. The number of ether oxygens (including phenoxy) is 2. The van der Waals surface area contributed by atoms with Crippen molar-refractivity contribution in [2.75, 3.05) is 18.2 Å². The van der Waals surface area contributed by atoms with E-state index in [0.717, 1.165) is 6.26 Å². The number of amides is 1. The highest BCUT2D eigenvalue weighted by Crippen LogP contribution is 2.40. The predicted molar refractivity (Wildman–Crippen MR) is 111 cm³/mol. The van der Waals surface area contributed by atoms with Crippen molar-refractivity contribution in [3.8, 4) is 17.2 Å². The molecule has 1 unspecified atom stereocenters. The molecular formula is C21H20FN3O5S. The van der Waals surface area contributed by atoms with E-state index in [1.54, 1.807) is 36.1 Å². The van der Waals surface area contributed by atoms with Gasteiger partial charge in [0, 0.05) is 43.1 Å². The van der Waals surface area contributed by atoms with Crippen LogP contribution in [0.25, 0.3) is 0 Å². The molecule has 31 heavy (non-hydrogen) atoms. The van der Waals surface area contributed by atoms with Gasteiger partial charge in [-0.25, -0.2) is 12.8 Å². The first-order valence-corrected chi connectivity index (χ1v) is 11.3. The van der Waals surface area contributed by atoms with E-state index in [9.17, 15) is 17.6 Å². The Kier molecular flexibility index (Phi) is 5.40. The second-order valence-electron chi connectivity index (χ2n) is 7.22. The molecule has 1 atom stereocenters. The van der Waals surface area contributed by atoms with Crippen molar-refractivity contribution in [2.24, 2.45) is 7.05 Å². The van der Waals surface area contributed by atoms with Crippen molar-refractivity contribution >= 4 is 21.6 Å². The average Bonchev–Trinajstić information content (AvgIpc) is 3.33. The maximum atomic E-state index is 13.2. The zero-order valence-electron chi connectivity index (χ0n) is 16.8. The van der Waals surface area contributed by atoms with Gasteiger partial charge in [-0.1, -0.05) is 0 Å². The van der Waals surface area contributed by atoms with Crippen molar-refractivity contribution < 1.29 is 27.1 Å². The van der Waals surface area contributed by atoms with Crippen LogP contribution in [0.5, 0.6) is 17.2 Å². The minimum atomic E-state index is -3.34. The molecule has 1 amide bonds. The summed E-state index contributed by atoms with van der Waals surface area (Å²) in [5.74, 6) is 1.05. The molecule has 1 aliphatic rings. The molecule has 0 spiro atoms. The van der Waals surface area contributed by atoms with Crippen LogP contribution in [0.15, 0.2) is 53.6 Å². The maximum Gasteiger partial charge on any atom is 0.257 e. The molecule has 4 rings (SSSR count). The largest absolute Gasteiger partial charge is 0.487 e. The Morgan fingerprint density at radius 3 is 2.65 bits per heavy atom. The summed E-state index contributed by atoms with van der Waals surface area (Å²) in [6.07, 6.45) is 2.46. The molecule has 0 radical (unpaired) electrons. The molecule has 0 saturated heterocycles. The lowest BCUT2D eigenvalue weighted by molar-refractivity contribution is 0.102. The van der Waals surface area contributed by atoms with Crippen LogP contribution in [0, 0.1) is 0 Å². The number of anilines is 1. The standard InChI is InChI=1S/C21H20FN3O5S/c1-25-8-7-20(24-25)23-21(26)13-9-18(17-11-15(12-22)30-19(17)10-13)29-14-3-5-16(6-4-14)31(2,27)28/h3-10,15H,11-12H2,1-2H3,(H,23,24,26). The zero-order valence-corrected chi connectivity index (χ0v) is 17.6. The first-order chi connectivity index (χ1) is 14.7. The van der Waals surface area contributed by atoms with E-state index in [2.05, 4.69) is 10.4 Å². The SMILES string of the molecule is Cn1ccc(NC(=O)c2cc(Oc3ccc(S(C)(=O)=O)cc3)c3c(c2)OC(CF)C3)n1. The Hall–Kier alpha value is -3.40. The van der Waals surface area contributed by atoms with Crippen LogP contribution in [0.4, 0.5) is 10.2 Å². The number of hydrogen-bond acceptors (Lipinski definition) is 6. The Balaban J connectivity index is 1.65. The number of nitrogens with one attached hydrogen (secondary N) is 1. The van der Waals surface area contributed by atoms with Crippen molar-refractivity contribution in [2.45, 2.75) is 17.4 Å². The third-order valence-corrected chi connectivity index (χ3v) is 5.89. The fraction of sp³-hybridized carbons (Fsp3) is 0.238. The lowest BCUT2D eigenvalue weighted by Gasteiger charge is -2.12. The summed E-state index contributed by atoms with van der Waals surface area (Å²) in [5.41, 5.74) is 0.899. The van der Waals surface area contributed by atoms with Crippen LogP contribution in [-0.4, -0.2) is 43.1 Å². The summed E-state index contributed by atoms with van der Waals surface area (Å²) in [5, 5.41) is 6.80. The van der Waals surface area contributed by atoms with E-state index in [4.69, 9.17) is 9.47 Å². The van der Waals surface area contributed by atoms with Gasteiger partial charge >= 0.3 is 0 Å². The fourth-order valence-corrected chi connectivity index (χ4v) is 3.87. The number of carbonyl (C=O) groups excluding carboxylic acids is 1. The molecule has 0 saturated carbocycles. The number of nitrogens with zero attached hydrogens (tertiary/aromatic N) is 2. The number of alkyl halides is 1. The van der Waals surface area contributed by atoms with Crippen molar-refractivity contribution in [1.82, 2.24) is 9.78 Å². The first-order valence-electron chi connectivity index (χ1n) is 9.41. The number of hydrogen-bond donors (Lipinski definition) is 1. The molecule has 162 valence electrons. The number of aryl methyl sites for hydroxylation is 1. The van der Waals surface area contributed by atoms with E-state index in [0.29, 0.717) is 35.1 Å². The fourth-order valence-electron chi connectivity index (χ4n) is 3.24. The Bertz CT molecular complexity index is 1240. The number of benzene rings is 2. The second kappa shape index (κ2) is 8.03. The van der Waals surface area contributed by atoms with Crippen LogP contribution in [0.3, 0.4) is 0 Å². The number of halogens is 1. The number of fused-ring (bicyclic) bond motifs is 1. The molecule has 8 nitrogen and oxygen atoms in total. The second-order valence-corrected chi connectivity index (χ2v) is 9.24. The molecule has 3 aromatic rings. The summed E-state index contributed by atoms with van der Waals surface area (Å²) in [6, 6.07) is 10.7. The van der Waals surface area contributed by atoms with Crippen LogP contribution in [0.1, 0.15) is 15.9 Å². The molecule has 0 aliphatic carbocycles. The predicted octanol–water partition coefficient (Wildman–Crippen LogP) is 3.14. The highest BCUT2D eigenvalue weighted by atomic mass is 32.2. The van der Waals surface area contributed by atoms with E-state index in [-0.39, 0.29) is 10.5 Å². The van der Waals surface area contributed by atoms with Crippen LogP contribution in [-0.2, 0) is 23.3 Å². The smallest absolute Gasteiger partial charge is 0.257 e. The topological polar surface area (TPSA) is 99.5 Å². The van der Waals surface area contributed by atoms with E-state index in [1.807, 2.05) is 0 Å². The number of aromatic nitrogens is 2. The summed E-state index contributed by atoms with van der Waals surface area (Å²) in [4.78, 5) is 12.9. The van der Waals surface area contributed by atoms with Crippen molar-refractivity contribution in [1.29, 1.82) is 0 Å². The van der Waals surface area contributed by atoms with Gasteiger partial charge in [-0.15, -0.1) is 0 Å². The highest BCUT2D eigenvalue weighted by molar-refractivity contribution is 7.90. The lowest BCUT2D eigenvalue weighted by Crippen LogP contribution is -2.14. The van der Waals surface area contributed by atoms with Gasteiger partial charge in [-0.2, -0.15) is 5.10 Å². The third kappa shape index (κ3) is 4.53. The lowest BCUT2D eigenvalue weighted by atomic mass is 10.1. The van der Waals surface area contributed by atoms with Crippen molar-refractivity contribution in [3.05, 3.63) is 59.8 Å². The molecule has 2 aromatic carbocycles. The number of rotatable bonds is 6. The quantitative estimate of drug-likeness (QED) is 0.626. The van der Waals surface area contributed by atoms with Crippen molar-refractivity contribution in [3.63, 3.8) is 0 Å². The van der Waals surface area contributed by atoms with Gasteiger partial charge in [0.1, 0.15) is 30.0 Å². The normalized spacial score (nSPS) is 15.3. The van der Waals surface area contributed by atoms with Crippen LogP contribution in [0.2, 0.25) is 0 Å². The van der Waals surface area contributed by atoms with Crippen LogP contribution >= 0.6 is 0 Å². The van der Waals surface area contributed by atoms with E-state index >= 15 is 0 Å². The molecule has 2 heterocycles. The molecule has 0 fully saturated rings. The average molecular weight is 445 g/mol. The van der Waals surface area contributed by atoms with Gasteiger partial charge in [-0.3, -0.25) is 9.48 Å². The minimum absolute atomic E-state index is 0.161. The molecular weight excluding hydrogens is 425 g/mol. The van der Waals surface area contributed by atoms with E-state index in [1.165, 1.54) is 24.3 Å². The summed E-state index contributed by atoms with van der Waals surface area (Å²) in [6.45, 7) is -0.674. The third-order valence-electron chi connectivity index (χ3n) is 4.76. The van der Waals surface area contributed by atoms with Crippen LogP contribution < -0.4 is 14.8 Å². The highest BCUT2D eigenvalue weighted by Gasteiger charge is 2.28. The van der Waals surface area contributed by atoms with Gasteiger partial charge < -0.3 is 14.8 Å². The molecule has 0 bridgehead atoms. The number of carbonyl (C=O) groups is 1. The monoisotopic (exact) mass is 445 g/mol. The summed E-state index contributed by atoms with van der Waals surface area (Å²) < 4.78 is 49.6. The Labute approximate surface area is 178 Å². The Morgan fingerprint density at radius 1 is 1.29 bits per heavy atom. The van der Waals surface area contributed by atoms with E-state index < -0.39 is 28.5 Å². The van der Waals surface area contributed by atoms with Gasteiger partial charge in [0.2, 0.25) is 0 Å². The Morgan fingerprint density at radius 2 is 2.03 bits per heavy atom. The summed E-state index contributed by atoms with van der Waals surface area (Å²) >= 11 is 0. The first kappa shape index (κ1) is 20.9. The van der Waals surface area contributed by atoms with Gasteiger partial charge in [0.25, 0.3) is 5.91 Å². The zero-order chi connectivity index (χ0) is 22.2. The molecule has 10 heteroatoms. The molecule has 1 aromatic heterocycles. The molecule has 1 aliphatic heterocycles. The molecule has 1 N–H and O–H groups in total. The van der Waals surface area contributed by atoms with Gasteiger partial charge in [0.15, 0.2) is 15.7 Å². The minimum Gasteiger partial charge on any atom is -0.487 e. The number of sulfone groups is 1. The van der Waals surface area contributed by atoms with Gasteiger partial charge in [0.05, 0.1) is 4.90 Å². The maximum absolute atomic E-state index is 13.2.